The van der Waals surface area contributed by atoms with E-state index in [4.69, 9.17) is 0 Å². The number of nitrogens with one attached hydrogen (secondary N) is 3. The van der Waals surface area contributed by atoms with Crippen LogP contribution in [0, 0.1) is 0 Å². The van der Waals surface area contributed by atoms with Crippen LogP contribution in [0.25, 0.3) is 11.7 Å². The molecule has 0 aromatic carbocycles. The van der Waals surface area contributed by atoms with E-state index in [0.29, 0.717) is 22.4 Å². The number of fused-ring (bicyclic) bond motifs is 1. The van der Waals surface area contributed by atoms with Gasteiger partial charge in [0, 0.05) is 17.6 Å². The van der Waals surface area contributed by atoms with E-state index in [1.54, 1.807) is 29.2 Å². The lowest BCUT2D eigenvalue weighted by molar-refractivity contribution is 0.454. The highest BCUT2D eigenvalue weighted by Gasteiger charge is 2.21. The Bertz CT molecular complexity index is 1400. The van der Waals surface area contributed by atoms with E-state index in [2.05, 4.69) is 47.3 Å². The van der Waals surface area contributed by atoms with Crippen molar-refractivity contribution in [2.45, 2.75) is 38.3 Å². The Kier molecular flexibility index (Phi) is 4.69. The van der Waals surface area contributed by atoms with Crippen LogP contribution < -0.4 is 21.8 Å². The van der Waals surface area contributed by atoms with E-state index in [1.807, 2.05) is 12.1 Å². The Morgan fingerprint density at radius 1 is 1.32 bits per heavy atom. The van der Waals surface area contributed by atoms with Gasteiger partial charge in [0.2, 0.25) is 11.8 Å². The molecule has 0 spiro atoms. The molecule has 1 unspecified atom stereocenters. The molecule has 1 atom stereocenters. The van der Waals surface area contributed by atoms with Crippen LogP contribution >= 0.6 is 0 Å². The maximum absolute atomic E-state index is 11.5. The number of H-pyrrole nitrogens is 2. The second-order valence-corrected chi connectivity index (χ2v) is 7.41. The average molecular weight is 419 g/mol. The van der Waals surface area contributed by atoms with Crippen molar-refractivity contribution < 1.29 is 5.11 Å². The molecule has 1 saturated carbocycles. The zero-order valence-corrected chi connectivity index (χ0v) is 16.8. The number of nitrogens with zero attached hydrogens (tertiary/aromatic N) is 6. The molecule has 4 aromatic heterocycles. The van der Waals surface area contributed by atoms with Gasteiger partial charge in [0.05, 0.1) is 18.3 Å². The van der Waals surface area contributed by atoms with Crippen molar-refractivity contribution in [2.75, 3.05) is 5.32 Å². The predicted octanol–water partition coefficient (Wildman–Crippen LogP) is 0.415. The van der Waals surface area contributed by atoms with Crippen LogP contribution in [0.5, 0.6) is 5.88 Å². The SMILES string of the molecule is CCC(Nc1nc(=NC2CC2)n2nc/c(=C\c3[nH]c(=O)[nH]c3O)c2n1)c1ccncc1. The number of hydrogen-bond donors (Lipinski definition) is 4. The number of rotatable bonds is 6. The fourth-order valence-corrected chi connectivity index (χ4v) is 3.32. The molecule has 0 radical (unpaired) electrons. The van der Waals surface area contributed by atoms with Gasteiger partial charge < -0.3 is 15.4 Å². The monoisotopic (exact) mass is 419 g/mol. The van der Waals surface area contributed by atoms with Gasteiger partial charge in [0.25, 0.3) is 5.62 Å². The third-order valence-electron chi connectivity index (χ3n) is 5.08. The van der Waals surface area contributed by atoms with Gasteiger partial charge in [-0.25, -0.2) is 9.79 Å². The first-order valence-electron chi connectivity index (χ1n) is 10.1. The summed E-state index contributed by atoms with van der Waals surface area (Å²) < 4.78 is 1.57. The molecular formula is C20H21N9O2. The molecule has 0 bridgehead atoms. The fraction of sp³-hybridized carbons (Fsp3) is 0.300. The first-order chi connectivity index (χ1) is 15.1. The maximum atomic E-state index is 11.5. The standard InChI is InChI=1S/C20H21N9O2/c1-2-14(11-5-7-21-8-6-11)24-18-26-16-12(9-15-17(30)27-20(31)25-15)10-22-29(16)19(28-18)23-13-3-4-13/h5-10,13-14,30H,2-4H2,1H3,(H,23,24,28)(H2,25,27,31)/b12-9+. The molecule has 1 fully saturated rings. The van der Waals surface area contributed by atoms with Crippen LogP contribution in [0.3, 0.4) is 0 Å². The number of aromatic hydroxyl groups is 1. The van der Waals surface area contributed by atoms with Gasteiger partial charge in [-0.05, 0) is 43.0 Å². The molecule has 4 heterocycles. The summed E-state index contributed by atoms with van der Waals surface area (Å²) in [6.45, 7) is 2.08. The van der Waals surface area contributed by atoms with Crippen LogP contribution in [-0.2, 0) is 0 Å². The molecule has 5 rings (SSSR count). The number of pyridine rings is 1. The zero-order chi connectivity index (χ0) is 21.4. The van der Waals surface area contributed by atoms with Gasteiger partial charge in [-0.2, -0.15) is 19.6 Å². The molecule has 31 heavy (non-hydrogen) atoms. The highest BCUT2D eigenvalue weighted by molar-refractivity contribution is 5.57. The molecule has 0 aliphatic heterocycles. The second kappa shape index (κ2) is 7.67. The first-order valence-corrected chi connectivity index (χ1v) is 10.1. The highest BCUT2D eigenvalue weighted by atomic mass is 16.3. The number of hydrogen-bond acceptors (Lipinski definition) is 8. The second-order valence-electron chi connectivity index (χ2n) is 7.41. The first kappa shape index (κ1) is 19.0. The third-order valence-corrected chi connectivity index (χ3v) is 5.08. The Balaban J connectivity index is 1.64. The summed E-state index contributed by atoms with van der Waals surface area (Å²) in [5, 5.41) is 18.3. The number of imidazole rings is 1. The van der Waals surface area contributed by atoms with Gasteiger partial charge in [-0.1, -0.05) is 6.92 Å². The van der Waals surface area contributed by atoms with Crippen LogP contribution in [-0.4, -0.2) is 45.7 Å². The smallest absolute Gasteiger partial charge is 0.326 e. The van der Waals surface area contributed by atoms with Gasteiger partial charge in [-0.3, -0.25) is 9.97 Å². The molecule has 4 aromatic rings. The molecule has 1 aliphatic rings. The summed E-state index contributed by atoms with van der Waals surface area (Å²) in [6, 6.07) is 4.16. The summed E-state index contributed by atoms with van der Waals surface area (Å²) in [6.07, 6.45) is 9.60. The Hall–Kier alpha value is -4.02. The predicted molar refractivity (Wildman–Crippen MR) is 112 cm³/mol. The van der Waals surface area contributed by atoms with E-state index in [1.165, 1.54) is 0 Å². The lowest BCUT2D eigenvalue weighted by Gasteiger charge is -2.17. The Labute approximate surface area is 175 Å². The van der Waals surface area contributed by atoms with Crippen molar-refractivity contribution in [1.82, 2.24) is 34.5 Å². The molecule has 4 N–H and O–H groups in total. The zero-order valence-electron chi connectivity index (χ0n) is 16.8. The lowest BCUT2D eigenvalue weighted by Crippen LogP contribution is -2.25. The topological polar surface area (TPSA) is 149 Å². The Morgan fingerprint density at radius 2 is 2.13 bits per heavy atom. The van der Waals surface area contributed by atoms with Crippen molar-refractivity contribution in [2.24, 2.45) is 4.99 Å². The van der Waals surface area contributed by atoms with E-state index < -0.39 is 5.69 Å². The lowest BCUT2D eigenvalue weighted by atomic mass is 10.1. The number of anilines is 1. The summed E-state index contributed by atoms with van der Waals surface area (Å²) in [5.41, 5.74) is 1.81. The van der Waals surface area contributed by atoms with Gasteiger partial charge >= 0.3 is 5.69 Å². The average Bonchev–Trinajstić information content (AvgIpc) is 3.41. The molecule has 0 saturated heterocycles. The summed E-state index contributed by atoms with van der Waals surface area (Å²) >= 11 is 0. The quantitative estimate of drug-likeness (QED) is 0.354. The van der Waals surface area contributed by atoms with Crippen LogP contribution in [0.4, 0.5) is 5.95 Å². The van der Waals surface area contributed by atoms with Crippen LogP contribution in [0.1, 0.15) is 43.5 Å². The van der Waals surface area contributed by atoms with E-state index in [9.17, 15) is 9.90 Å². The molecular weight excluding hydrogens is 398 g/mol. The minimum atomic E-state index is -0.496. The third kappa shape index (κ3) is 3.89. The number of aromatic nitrogens is 7. The van der Waals surface area contributed by atoms with E-state index in [0.717, 1.165) is 24.8 Å². The summed E-state index contributed by atoms with van der Waals surface area (Å²) in [4.78, 5) is 34.3. The highest BCUT2D eigenvalue weighted by Crippen LogP contribution is 2.23. The minimum absolute atomic E-state index is 0.000325. The molecule has 158 valence electrons. The molecule has 0 amide bonds. The van der Waals surface area contributed by atoms with E-state index in [-0.39, 0.29) is 23.7 Å². The minimum Gasteiger partial charge on any atom is -0.493 e. The number of aromatic amines is 2. The van der Waals surface area contributed by atoms with Crippen LogP contribution in [0.2, 0.25) is 0 Å². The Morgan fingerprint density at radius 3 is 2.81 bits per heavy atom. The molecule has 11 heteroatoms. The molecule has 1 aliphatic carbocycles. The maximum Gasteiger partial charge on any atom is 0.326 e. The van der Waals surface area contributed by atoms with Crippen molar-refractivity contribution in [3.05, 3.63) is 63.3 Å². The normalized spacial score (nSPS) is 16.2. The van der Waals surface area contributed by atoms with Crippen molar-refractivity contribution >= 4 is 17.7 Å². The van der Waals surface area contributed by atoms with Crippen LogP contribution in [0.15, 0.2) is 40.5 Å². The van der Waals surface area contributed by atoms with Gasteiger partial charge in [0.1, 0.15) is 5.69 Å². The molecule has 11 nitrogen and oxygen atoms in total. The summed E-state index contributed by atoms with van der Waals surface area (Å²) in [7, 11) is 0. The van der Waals surface area contributed by atoms with Gasteiger partial charge in [0.15, 0.2) is 5.65 Å². The van der Waals surface area contributed by atoms with E-state index >= 15 is 0 Å². The van der Waals surface area contributed by atoms with Crippen molar-refractivity contribution in [1.29, 1.82) is 0 Å². The fourth-order valence-electron chi connectivity index (χ4n) is 3.32. The van der Waals surface area contributed by atoms with Crippen molar-refractivity contribution in [3.8, 4) is 5.88 Å². The summed E-state index contributed by atoms with van der Waals surface area (Å²) in [5.74, 6) is 0.181. The largest absolute Gasteiger partial charge is 0.493 e. The van der Waals surface area contributed by atoms with Crippen molar-refractivity contribution in [3.63, 3.8) is 0 Å². The van der Waals surface area contributed by atoms with Gasteiger partial charge in [-0.15, -0.1) is 0 Å².